The number of benzene rings is 1. The van der Waals surface area contributed by atoms with Crippen molar-refractivity contribution in [3.05, 3.63) is 28.4 Å². The van der Waals surface area contributed by atoms with Crippen LogP contribution in [0, 0.1) is 10.7 Å². The van der Waals surface area contributed by atoms with Crippen LogP contribution in [0.2, 0.25) is 0 Å². The molecule has 1 aromatic carbocycles. The summed E-state index contributed by atoms with van der Waals surface area (Å²) < 4.78 is 27.4. The Morgan fingerprint density at radius 2 is 1.88 bits per heavy atom. The zero-order valence-electron chi connectivity index (χ0n) is 7.87. The summed E-state index contributed by atoms with van der Waals surface area (Å²) in [5, 5.41) is 11.6. The molecule has 0 saturated carbocycles. The topological polar surface area (TPSA) is 69.6 Å². The van der Waals surface area contributed by atoms with Gasteiger partial charge in [-0.2, -0.15) is 4.40 Å². The highest BCUT2D eigenvalue weighted by Gasteiger charge is 2.07. The predicted molar refractivity (Wildman–Crippen MR) is 86.0 cm³/mol. The maximum atomic E-state index is 11.6. The van der Waals surface area contributed by atoms with Crippen molar-refractivity contribution in [1.29, 1.82) is 0 Å². The van der Waals surface area contributed by atoms with Crippen LogP contribution in [0.4, 0.5) is 0 Å². The minimum absolute atomic E-state index is 0.322. The molecular weight excluding hydrogens is 571 g/mol. The van der Waals surface area contributed by atoms with Crippen molar-refractivity contribution in [1.82, 2.24) is 0 Å². The molecule has 0 spiro atoms. The van der Waals surface area contributed by atoms with Crippen molar-refractivity contribution >= 4 is 83.7 Å². The van der Waals surface area contributed by atoms with Gasteiger partial charge >= 0.3 is 0 Å². The first kappa shape index (κ1) is 14.9. The lowest BCUT2D eigenvalue weighted by molar-refractivity contribution is -0.212. The monoisotopic (exact) mass is 576 g/mol. The maximum absolute atomic E-state index is 11.6. The van der Waals surface area contributed by atoms with Crippen LogP contribution >= 0.6 is 67.8 Å². The van der Waals surface area contributed by atoms with Gasteiger partial charge in [0.05, 0.1) is 6.26 Å². The second kappa shape index (κ2) is 5.65. The largest absolute Gasteiger partial charge is 0.858 e. The number of hydrogen-bond acceptors (Lipinski definition) is 3. The van der Waals surface area contributed by atoms with Crippen LogP contribution in [0.15, 0.2) is 16.5 Å². The highest BCUT2D eigenvalue weighted by Crippen LogP contribution is 2.22. The molecule has 0 saturated heterocycles. The van der Waals surface area contributed by atoms with Gasteiger partial charge in [-0.25, -0.2) is 8.42 Å². The molecular formula is C8H5I3NO3S-. The third kappa shape index (κ3) is 4.25. The second-order valence-corrected chi connectivity index (χ2v) is 8.01. The van der Waals surface area contributed by atoms with E-state index in [9.17, 15) is 13.5 Å². The van der Waals surface area contributed by atoms with Crippen LogP contribution in [0.1, 0.15) is 5.56 Å². The van der Waals surface area contributed by atoms with Crippen molar-refractivity contribution in [2.45, 2.75) is 0 Å². The maximum Gasteiger partial charge on any atom is 0.249 e. The quantitative estimate of drug-likeness (QED) is 0.233. The van der Waals surface area contributed by atoms with E-state index in [1.54, 1.807) is 6.07 Å². The number of halogens is 3. The molecule has 0 bridgehead atoms. The van der Waals surface area contributed by atoms with Crippen LogP contribution in [0.25, 0.3) is 0 Å². The summed E-state index contributed by atoms with van der Waals surface area (Å²) in [5.74, 6) is -0.719. The van der Waals surface area contributed by atoms with Gasteiger partial charge in [0.2, 0.25) is 10.0 Å². The SMILES string of the molecule is CS(=O)(=O)/N=C(\[O-])c1cc(I)cc(I)c1I. The molecule has 0 aliphatic heterocycles. The molecule has 1 rings (SSSR count). The van der Waals surface area contributed by atoms with E-state index in [2.05, 4.69) is 49.6 Å². The van der Waals surface area contributed by atoms with E-state index < -0.39 is 15.9 Å². The van der Waals surface area contributed by atoms with E-state index >= 15 is 0 Å². The third-order valence-electron chi connectivity index (χ3n) is 1.47. The van der Waals surface area contributed by atoms with Gasteiger partial charge in [-0.1, -0.05) is 0 Å². The molecule has 0 fully saturated rings. The standard InChI is InChI=1S/C8H6I3NO3S/c1-16(14,15)12-8(13)5-2-4(9)3-6(10)7(5)11/h2-3H,1H3,(H,12,13)/p-1. The Morgan fingerprint density at radius 3 is 2.38 bits per heavy atom. The zero-order valence-corrected chi connectivity index (χ0v) is 15.2. The van der Waals surface area contributed by atoms with E-state index in [4.69, 9.17) is 0 Å². The van der Waals surface area contributed by atoms with E-state index in [1.807, 2.05) is 28.7 Å². The highest BCUT2D eigenvalue weighted by molar-refractivity contribution is 14.1. The Balaban J connectivity index is 3.40. The minimum Gasteiger partial charge on any atom is -0.858 e. The van der Waals surface area contributed by atoms with Crippen LogP contribution in [0.3, 0.4) is 0 Å². The van der Waals surface area contributed by atoms with Gasteiger partial charge in [-0.3, -0.25) is 0 Å². The van der Waals surface area contributed by atoms with Gasteiger partial charge in [-0.05, 0) is 79.9 Å². The van der Waals surface area contributed by atoms with Crippen LogP contribution in [0.5, 0.6) is 0 Å². The summed E-state index contributed by atoms with van der Waals surface area (Å²) in [6.07, 6.45) is 0.899. The fourth-order valence-electron chi connectivity index (χ4n) is 0.911. The lowest BCUT2D eigenvalue weighted by Gasteiger charge is -2.13. The summed E-state index contributed by atoms with van der Waals surface area (Å²) >= 11 is 6.16. The Kier molecular flexibility index (Phi) is 5.25. The van der Waals surface area contributed by atoms with E-state index in [0.29, 0.717) is 5.56 Å². The zero-order chi connectivity index (χ0) is 12.5. The number of nitrogens with zero attached hydrogens (tertiary/aromatic N) is 1. The molecule has 0 amide bonds. The molecule has 0 N–H and O–H groups in total. The molecule has 1 aromatic rings. The summed E-state index contributed by atoms with van der Waals surface area (Å²) in [4.78, 5) is 0. The van der Waals surface area contributed by atoms with E-state index in [0.717, 1.165) is 17.0 Å². The molecule has 0 aliphatic rings. The van der Waals surface area contributed by atoms with Crippen LogP contribution in [-0.4, -0.2) is 20.6 Å². The number of rotatable bonds is 2. The third-order valence-corrected chi connectivity index (χ3v) is 5.64. The van der Waals surface area contributed by atoms with Gasteiger partial charge < -0.3 is 5.11 Å². The molecule has 16 heavy (non-hydrogen) atoms. The van der Waals surface area contributed by atoms with Crippen LogP contribution in [-0.2, 0) is 10.0 Å². The normalized spacial score (nSPS) is 12.9. The molecule has 0 unspecified atom stereocenters. The molecule has 0 radical (unpaired) electrons. The molecule has 0 atom stereocenters. The summed E-state index contributed by atoms with van der Waals surface area (Å²) in [5.41, 5.74) is 0.322. The lowest BCUT2D eigenvalue weighted by Crippen LogP contribution is -2.22. The summed E-state index contributed by atoms with van der Waals surface area (Å²) in [6.45, 7) is 0. The minimum atomic E-state index is -3.65. The first-order chi connectivity index (χ1) is 7.20. The fourth-order valence-corrected chi connectivity index (χ4v) is 3.70. The van der Waals surface area contributed by atoms with Crippen LogP contribution < -0.4 is 5.11 Å². The number of sulfonamides is 1. The molecule has 0 aromatic heterocycles. The van der Waals surface area contributed by atoms with Gasteiger partial charge in [0, 0.05) is 22.2 Å². The molecule has 8 heteroatoms. The van der Waals surface area contributed by atoms with Crippen molar-refractivity contribution in [3.8, 4) is 0 Å². The Morgan fingerprint density at radius 1 is 1.31 bits per heavy atom. The van der Waals surface area contributed by atoms with Gasteiger partial charge in [0.15, 0.2) is 0 Å². The van der Waals surface area contributed by atoms with Crippen molar-refractivity contribution in [2.24, 2.45) is 4.40 Å². The Bertz CT molecular complexity index is 554. The Hall–Kier alpha value is 0.830. The van der Waals surface area contributed by atoms with Crippen molar-refractivity contribution in [3.63, 3.8) is 0 Å². The molecule has 4 nitrogen and oxygen atoms in total. The summed E-state index contributed by atoms with van der Waals surface area (Å²) in [6, 6.07) is 3.53. The van der Waals surface area contributed by atoms with Gasteiger partial charge in [-0.15, -0.1) is 0 Å². The molecule has 0 heterocycles. The average Bonchev–Trinajstić information content (AvgIpc) is 2.08. The predicted octanol–water partition coefficient (Wildman–Crippen LogP) is 1.57. The van der Waals surface area contributed by atoms with E-state index in [-0.39, 0.29) is 0 Å². The molecule has 88 valence electrons. The van der Waals surface area contributed by atoms with Gasteiger partial charge in [0.1, 0.15) is 0 Å². The highest BCUT2D eigenvalue weighted by atomic mass is 127. The Labute approximate surface area is 134 Å². The first-order valence-corrected chi connectivity index (χ1v) is 8.91. The fraction of sp³-hybridized carbons (Fsp3) is 0.125. The molecule has 0 aliphatic carbocycles. The van der Waals surface area contributed by atoms with Crippen molar-refractivity contribution in [2.75, 3.05) is 6.26 Å². The smallest absolute Gasteiger partial charge is 0.249 e. The lowest BCUT2D eigenvalue weighted by atomic mass is 10.2. The second-order valence-electron chi connectivity index (χ2n) is 2.88. The number of hydrogen-bond donors (Lipinski definition) is 0. The first-order valence-electron chi connectivity index (χ1n) is 3.82. The van der Waals surface area contributed by atoms with Gasteiger partial charge in [0.25, 0.3) is 0 Å². The van der Waals surface area contributed by atoms with E-state index in [1.165, 1.54) is 0 Å². The van der Waals surface area contributed by atoms with Crippen molar-refractivity contribution < 1.29 is 13.5 Å². The average molecular weight is 576 g/mol. The summed E-state index contributed by atoms with van der Waals surface area (Å²) in [7, 11) is -3.65.